The van der Waals surface area contributed by atoms with Crippen molar-refractivity contribution >= 4 is 5.97 Å². The lowest BCUT2D eigenvalue weighted by Gasteiger charge is -2.40. The van der Waals surface area contributed by atoms with Gasteiger partial charge in [-0.15, -0.1) is 0 Å². The summed E-state index contributed by atoms with van der Waals surface area (Å²) in [6.07, 6.45) is 6.33. The summed E-state index contributed by atoms with van der Waals surface area (Å²) in [6, 6.07) is 0. The highest BCUT2D eigenvalue weighted by Crippen LogP contribution is 2.46. The van der Waals surface area contributed by atoms with Gasteiger partial charge in [0.25, 0.3) is 0 Å². The van der Waals surface area contributed by atoms with Gasteiger partial charge in [-0.3, -0.25) is 4.79 Å². The van der Waals surface area contributed by atoms with Gasteiger partial charge in [0.05, 0.1) is 12.0 Å². The molecule has 1 heterocycles. The second-order valence-electron chi connectivity index (χ2n) is 5.24. The van der Waals surface area contributed by atoms with Crippen LogP contribution >= 0.6 is 0 Å². The number of rotatable bonds is 2. The van der Waals surface area contributed by atoms with Crippen LogP contribution in [0.3, 0.4) is 0 Å². The zero-order valence-electron chi connectivity index (χ0n) is 9.37. The smallest absolute Gasteiger partial charge is 0.309 e. The van der Waals surface area contributed by atoms with Crippen molar-refractivity contribution in [3.05, 3.63) is 0 Å². The van der Waals surface area contributed by atoms with Gasteiger partial charge in [0.1, 0.15) is 0 Å². The predicted octanol–water partition coefficient (Wildman–Crippen LogP) is 2.45. The summed E-state index contributed by atoms with van der Waals surface area (Å²) in [5, 5.41) is 9.20. The highest BCUT2D eigenvalue weighted by Gasteiger charge is 2.45. The van der Waals surface area contributed by atoms with Crippen LogP contribution in [0.15, 0.2) is 0 Å². The van der Waals surface area contributed by atoms with Crippen molar-refractivity contribution in [1.29, 1.82) is 0 Å². The predicted molar refractivity (Wildman–Crippen MR) is 56.7 cm³/mol. The van der Waals surface area contributed by atoms with Crippen LogP contribution in [-0.4, -0.2) is 23.8 Å². The van der Waals surface area contributed by atoms with E-state index in [1.807, 2.05) is 0 Å². The highest BCUT2D eigenvalue weighted by molar-refractivity contribution is 5.71. The van der Waals surface area contributed by atoms with Crippen LogP contribution in [-0.2, 0) is 9.53 Å². The molecule has 3 heteroatoms. The third-order valence-electron chi connectivity index (χ3n) is 4.07. The first-order valence-electron chi connectivity index (χ1n) is 5.98. The van der Waals surface area contributed by atoms with Crippen molar-refractivity contribution < 1.29 is 14.6 Å². The summed E-state index contributed by atoms with van der Waals surface area (Å²) in [7, 11) is 0. The standard InChI is InChI=1S/C12H20O3/c1-12(6-2-3-7-12)10-9(11(13)14)5-4-8-15-10/h9-10H,2-8H2,1H3,(H,13,14). The molecule has 0 aromatic heterocycles. The highest BCUT2D eigenvalue weighted by atomic mass is 16.5. The average molecular weight is 212 g/mol. The van der Waals surface area contributed by atoms with Gasteiger partial charge in [0, 0.05) is 6.61 Å². The second kappa shape index (κ2) is 4.12. The van der Waals surface area contributed by atoms with Crippen molar-refractivity contribution in [1.82, 2.24) is 0 Å². The molecule has 1 aliphatic carbocycles. The Hall–Kier alpha value is -0.570. The van der Waals surface area contributed by atoms with Crippen LogP contribution in [0.25, 0.3) is 0 Å². The molecule has 0 bridgehead atoms. The third-order valence-corrected chi connectivity index (χ3v) is 4.07. The summed E-state index contributed by atoms with van der Waals surface area (Å²) in [5.74, 6) is -0.949. The van der Waals surface area contributed by atoms with Crippen molar-refractivity contribution in [3.63, 3.8) is 0 Å². The Bertz CT molecular complexity index is 243. The van der Waals surface area contributed by atoms with E-state index in [2.05, 4.69) is 6.92 Å². The molecule has 1 N–H and O–H groups in total. The number of carboxylic acids is 1. The number of carboxylic acid groups (broad SMARTS) is 1. The van der Waals surface area contributed by atoms with E-state index in [-0.39, 0.29) is 17.4 Å². The maximum absolute atomic E-state index is 11.2. The van der Waals surface area contributed by atoms with Crippen molar-refractivity contribution in [2.75, 3.05) is 6.61 Å². The van der Waals surface area contributed by atoms with Gasteiger partial charge in [-0.2, -0.15) is 0 Å². The van der Waals surface area contributed by atoms with Crippen LogP contribution in [0.4, 0.5) is 0 Å². The van der Waals surface area contributed by atoms with E-state index < -0.39 is 5.97 Å². The van der Waals surface area contributed by atoms with Crippen LogP contribution in [0.1, 0.15) is 45.4 Å². The molecule has 0 aromatic carbocycles. The molecule has 3 nitrogen and oxygen atoms in total. The van der Waals surface area contributed by atoms with Crippen LogP contribution in [0.5, 0.6) is 0 Å². The Morgan fingerprint density at radius 2 is 2.00 bits per heavy atom. The molecule has 15 heavy (non-hydrogen) atoms. The number of carbonyl (C=O) groups is 1. The van der Waals surface area contributed by atoms with Crippen molar-refractivity contribution in [3.8, 4) is 0 Å². The molecule has 1 aliphatic heterocycles. The molecule has 2 aliphatic rings. The van der Waals surface area contributed by atoms with Crippen LogP contribution < -0.4 is 0 Å². The van der Waals surface area contributed by atoms with E-state index in [9.17, 15) is 9.90 Å². The first kappa shape index (κ1) is 10.9. The Morgan fingerprint density at radius 3 is 2.60 bits per heavy atom. The number of ether oxygens (including phenoxy) is 1. The summed E-state index contributed by atoms with van der Waals surface area (Å²) >= 11 is 0. The molecule has 1 saturated heterocycles. The minimum Gasteiger partial charge on any atom is -0.481 e. The van der Waals surface area contributed by atoms with E-state index in [0.29, 0.717) is 0 Å². The molecule has 0 spiro atoms. The molecular weight excluding hydrogens is 192 g/mol. The lowest BCUT2D eigenvalue weighted by Crippen LogP contribution is -2.45. The minimum atomic E-state index is -0.673. The van der Waals surface area contributed by atoms with E-state index in [1.54, 1.807) is 0 Å². The fourth-order valence-electron chi connectivity index (χ4n) is 3.19. The largest absolute Gasteiger partial charge is 0.481 e. The zero-order chi connectivity index (χ0) is 10.9. The quantitative estimate of drug-likeness (QED) is 0.764. The number of hydrogen-bond donors (Lipinski definition) is 1. The summed E-state index contributed by atoms with van der Waals surface area (Å²) < 4.78 is 5.76. The minimum absolute atomic E-state index is 0.0498. The third kappa shape index (κ3) is 2.03. The molecule has 2 unspecified atom stereocenters. The normalized spacial score (nSPS) is 35.3. The maximum Gasteiger partial charge on any atom is 0.309 e. The van der Waals surface area contributed by atoms with Gasteiger partial charge in [-0.1, -0.05) is 19.8 Å². The summed E-state index contributed by atoms with van der Waals surface area (Å²) in [6.45, 7) is 2.94. The van der Waals surface area contributed by atoms with Crippen LogP contribution in [0, 0.1) is 11.3 Å². The van der Waals surface area contributed by atoms with Gasteiger partial charge in [-0.25, -0.2) is 0 Å². The van der Waals surface area contributed by atoms with Gasteiger partial charge in [0.15, 0.2) is 0 Å². The Kier molecular flexibility index (Phi) is 3.01. The number of aliphatic carboxylic acids is 1. The van der Waals surface area contributed by atoms with E-state index in [1.165, 1.54) is 12.8 Å². The van der Waals surface area contributed by atoms with E-state index >= 15 is 0 Å². The Morgan fingerprint density at radius 1 is 1.33 bits per heavy atom. The molecule has 2 fully saturated rings. The monoisotopic (exact) mass is 212 g/mol. The molecule has 2 atom stereocenters. The topological polar surface area (TPSA) is 46.5 Å². The SMILES string of the molecule is CC1(C2OCCCC2C(=O)O)CCCC1. The van der Waals surface area contributed by atoms with Gasteiger partial charge >= 0.3 is 5.97 Å². The van der Waals surface area contributed by atoms with Gasteiger partial charge < -0.3 is 9.84 Å². The zero-order valence-corrected chi connectivity index (χ0v) is 9.37. The van der Waals surface area contributed by atoms with Crippen molar-refractivity contribution in [2.45, 2.75) is 51.6 Å². The van der Waals surface area contributed by atoms with Gasteiger partial charge in [-0.05, 0) is 31.1 Å². The van der Waals surface area contributed by atoms with Crippen molar-refractivity contribution in [2.24, 2.45) is 11.3 Å². The lowest BCUT2D eigenvalue weighted by molar-refractivity contribution is -0.160. The molecule has 0 aromatic rings. The van der Waals surface area contributed by atoms with Gasteiger partial charge in [0.2, 0.25) is 0 Å². The average Bonchev–Trinajstić information content (AvgIpc) is 2.66. The van der Waals surface area contributed by atoms with Crippen LogP contribution in [0.2, 0.25) is 0 Å². The lowest BCUT2D eigenvalue weighted by atomic mass is 9.74. The Labute approximate surface area is 90.8 Å². The first-order valence-corrected chi connectivity index (χ1v) is 5.98. The molecular formula is C12H20O3. The summed E-state index contributed by atoms with van der Waals surface area (Å²) in [4.78, 5) is 11.2. The first-order chi connectivity index (χ1) is 7.13. The molecule has 0 radical (unpaired) electrons. The fourth-order valence-corrected chi connectivity index (χ4v) is 3.19. The fraction of sp³-hybridized carbons (Fsp3) is 0.917. The van der Waals surface area contributed by atoms with E-state index in [4.69, 9.17) is 4.74 Å². The Balaban J connectivity index is 2.13. The maximum atomic E-state index is 11.2. The second-order valence-corrected chi connectivity index (χ2v) is 5.24. The molecule has 86 valence electrons. The summed E-state index contributed by atoms with van der Waals surface area (Å²) in [5.41, 5.74) is 0.115. The molecule has 0 amide bonds. The molecule has 1 saturated carbocycles. The molecule has 2 rings (SSSR count). The number of hydrogen-bond acceptors (Lipinski definition) is 2. The van der Waals surface area contributed by atoms with E-state index in [0.717, 1.165) is 32.3 Å².